The van der Waals surface area contributed by atoms with Crippen LogP contribution >= 0.6 is 0 Å². The maximum atomic E-state index is 12.4. The summed E-state index contributed by atoms with van der Waals surface area (Å²) in [5, 5.41) is 5.12. The zero-order valence-electron chi connectivity index (χ0n) is 11.6. The number of hydrogen-bond donors (Lipinski definition) is 2. The fraction of sp³-hybridized carbons (Fsp3) is 0.0556. The molecule has 0 heterocycles. The van der Waals surface area contributed by atoms with Gasteiger partial charge in [0, 0.05) is 16.6 Å². The van der Waals surface area contributed by atoms with Crippen LogP contribution in [0.2, 0.25) is 0 Å². The fourth-order valence-corrected chi connectivity index (χ4v) is 2.39. The first kappa shape index (κ1) is 13.3. The Bertz CT molecular complexity index is 763. The summed E-state index contributed by atoms with van der Waals surface area (Å²) in [5.41, 5.74) is 5.71. The van der Waals surface area contributed by atoms with Crippen LogP contribution in [0.3, 0.4) is 0 Å². The Labute approximate surface area is 123 Å². The Hall–Kier alpha value is -2.65. The van der Waals surface area contributed by atoms with Crippen molar-refractivity contribution < 1.29 is 10.5 Å². The van der Waals surface area contributed by atoms with E-state index in [0.717, 1.165) is 22.0 Å². The van der Waals surface area contributed by atoms with Crippen molar-refractivity contribution in [2.24, 2.45) is 0 Å². The maximum absolute atomic E-state index is 12.4. The number of carbonyl (C=O) groups excluding carboxylic acids is 1. The minimum atomic E-state index is -0.426. The molecule has 3 aromatic carbocycles. The zero-order valence-corrected chi connectivity index (χ0v) is 11.6. The maximum Gasteiger partial charge on any atom is 0.287 e. The van der Waals surface area contributed by atoms with E-state index in [1.165, 1.54) is 0 Å². The van der Waals surface area contributed by atoms with Gasteiger partial charge in [0.1, 0.15) is 0 Å². The summed E-state index contributed by atoms with van der Waals surface area (Å²) in [4.78, 5) is 12.4. The van der Waals surface area contributed by atoms with Crippen molar-refractivity contribution in [2.75, 3.05) is 5.32 Å². The van der Waals surface area contributed by atoms with Gasteiger partial charge in [-0.2, -0.15) is 0 Å². The second-order valence-electron chi connectivity index (χ2n) is 4.98. The molecule has 0 aromatic heterocycles. The molecule has 0 fully saturated rings. The Morgan fingerprint density at radius 1 is 0.857 bits per heavy atom. The molecule has 4 N–H and O–H groups in total. The number of fused-ring (bicyclic) bond motifs is 1. The average molecular weight is 277 g/mol. The molecule has 0 aliphatic heterocycles. The monoisotopic (exact) mass is 277 g/mol. The van der Waals surface area contributed by atoms with Gasteiger partial charge in [-0.25, -0.2) is 0 Å². The number of rotatable bonds is 3. The Kier molecular flexibility index (Phi) is 3.67. The highest BCUT2D eigenvalue weighted by Crippen LogP contribution is 2.23. The van der Waals surface area contributed by atoms with E-state index in [1.807, 2.05) is 72.8 Å². The normalized spacial score (nSPS) is 12.0. The molecular formula is C18H17N2O+. The summed E-state index contributed by atoms with van der Waals surface area (Å²) < 4.78 is 0. The molecule has 0 aliphatic rings. The molecule has 104 valence electrons. The highest BCUT2D eigenvalue weighted by Gasteiger charge is 2.19. The van der Waals surface area contributed by atoms with Gasteiger partial charge in [0.15, 0.2) is 6.04 Å². The molecule has 21 heavy (non-hydrogen) atoms. The van der Waals surface area contributed by atoms with Gasteiger partial charge in [0.25, 0.3) is 5.91 Å². The lowest BCUT2D eigenvalue weighted by molar-refractivity contribution is -0.408. The first-order chi connectivity index (χ1) is 10.3. The lowest BCUT2D eigenvalue weighted by atomic mass is 10.1. The minimum Gasteiger partial charge on any atom is -0.343 e. The van der Waals surface area contributed by atoms with Gasteiger partial charge in [-0.15, -0.1) is 0 Å². The number of hydrogen-bond acceptors (Lipinski definition) is 1. The quantitative estimate of drug-likeness (QED) is 0.760. The summed E-state index contributed by atoms with van der Waals surface area (Å²) >= 11 is 0. The summed E-state index contributed by atoms with van der Waals surface area (Å²) in [6.45, 7) is 0. The van der Waals surface area contributed by atoms with Crippen LogP contribution in [-0.2, 0) is 4.79 Å². The molecule has 1 amide bonds. The van der Waals surface area contributed by atoms with Crippen molar-refractivity contribution in [2.45, 2.75) is 6.04 Å². The van der Waals surface area contributed by atoms with Gasteiger partial charge in [0.05, 0.1) is 0 Å². The van der Waals surface area contributed by atoms with Gasteiger partial charge in [-0.3, -0.25) is 4.79 Å². The van der Waals surface area contributed by atoms with E-state index < -0.39 is 6.04 Å². The second kappa shape index (κ2) is 5.77. The Balaban J connectivity index is 1.87. The van der Waals surface area contributed by atoms with Gasteiger partial charge in [-0.1, -0.05) is 66.7 Å². The van der Waals surface area contributed by atoms with E-state index in [4.69, 9.17) is 0 Å². The Morgan fingerprint density at radius 3 is 2.33 bits per heavy atom. The van der Waals surface area contributed by atoms with Crippen molar-refractivity contribution in [3.63, 3.8) is 0 Å². The first-order valence-corrected chi connectivity index (χ1v) is 6.92. The number of benzene rings is 3. The van der Waals surface area contributed by atoms with Crippen molar-refractivity contribution in [1.29, 1.82) is 0 Å². The van der Waals surface area contributed by atoms with Crippen LogP contribution in [0.15, 0.2) is 72.8 Å². The van der Waals surface area contributed by atoms with Crippen LogP contribution in [0.1, 0.15) is 11.6 Å². The predicted molar refractivity (Wildman–Crippen MR) is 84.6 cm³/mol. The molecule has 0 radical (unpaired) electrons. The van der Waals surface area contributed by atoms with Crippen molar-refractivity contribution in [1.82, 2.24) is 0 Å². The third kappa shape index (κ3) is 2.78. The van der Waals surface area contributed by atoms with E-state index in [1.54, 1.807) is 0 Å². The molecular weight excluding hydrogens is 260 g/mol. The number of amides is 1. The molecule has 0 bridgehead atoms. The van der Waals surface area contributed by atoms with Gasteiger partial charge < -0.3 is 11.1 Å². The molecule has 1 unspecified atom stereocenters. The summed E-state index contributed by atoms with van der Waals surface area (Å²) in [6, 6.07) is 23.1. The molecule has 3 heteroatoms. The van der Waals surface area contributed by atoms with Crippen LogP contribution in [0, 0.1) is 0 Å². The zero-order chi connectivity index (χ0) is 14.7. The molecule has 3 rings (SSSR count). The first-order valence-electron chi connectivity index (χ1n) is 6.92. The van der Waals surface area contributed by atoms with E-state index >= 15 is 0 Å². The lowest BCUT2D eigenvalue weighted by Gasteiger charge is -2.12. The number of nitrogens with one attached hydrogen (secondary N) is 1. The highest BCUT2D eigenvalue weighted by atomic mass is 16.2. The van der Waals surface area contributed by atoms with Gasteiger partial charge >= 0.3 is 0 Å². The summed E-state index contributed by atoms with van der Waals surface area (Å²) in [6.07, 6.45) is 0. The molecule has 0 saturated heterocycles. The highest BCUT2D eigenvalue weighted by molar-refractivity contribution is 6.03. The largest absolute Gasteiger partial charge is 0.343 e. The number of anilines is 1. The van der Waals surface area contributed by atoms with E-state index in [9.17, 15) is 4.79 Å². The molecule has 0 spiro atoms. The minimum absolute atomic E-state index is 0.0995. The lowest BCUT2D eigenvalue weighted by Crippen LogP contribution is -2.58. The topological polar surface area (TPSA) is 56.7 Å². The van der Waals surface area contributed by atoms with Crippen LogP contribution in [0.4, 0.5) is 5.69 Å². The Morgan fingerprint density at radius 2 is 1.52 bits per heavy atom. The summed E-state index contributed by atoms with van der Waals surface area (Å²) in [5.74, 6) is -0.0995. The molecule has 3 nitrogen and oxygen atoms in total. The number of quaternary nitrogens is 1. The standard InChI is InChI=1S/C18H16N2O/c19-17(14-8-2-1-3-9-14)18(21)20-16-12-6-10-13-7-4-5-11-15(13)16/h1-12,17H,19H2,(H,20,21)/p+1. The average Bonchev–Trinajstić information content (AvgIpc) is 2.55. The third-order valence-corrected chi connectivity index (χ3v) is 3.57. The van der Waals surface area contributed by atoms with Gasteiger partial charge in [0.2, 0.25) is 0 Å². The van der Waals surface area contributed by atoms with Crippen molar-refractivity contribution in [3.8, 4) is 0 Å². The molecule has 0 aliphatic carbocycles. The van der Waals surface area contributed by atoms with Crippen LogP contribution in [-0.4, -0.2) is 5.91 Å². The smallest absolute Gasteiger partial charge is 0.287 e. The number of carbonyl (C=O) groups is 1. The molecule has 1 atom stereocenters. The van der Waals surface area contributed by atoms with Crippen LogP contribution < -0.4 is 11.1 Å². The van der Waals surface area contributed by atoms with Crippen molar-refractivity contribution >= 4 is 22.4 Å². The molecule has 3 aromatic rings. The van der Waals surface area contributed by atoms with Crippen LogP contribution in [0.5, 0.6) is 0 Å². The van der Waals surface area contributed by atoms with Crippen molar-refractivity contribution in [3.05, 3.63) is 78.4 Å². The molecule has 0 saturated carbocycles. The van der Waals surface area contributed by atoms with Crippen LogP contribution in [0.25, 0.3) is 10.8 Å². The predicted octanol–water partition coefficient (Wildman–Crippen LogP) is 2.76. The van der Waals surface area contributed by atoms with E-state index in [0.29, 0.717) is 0 Å². The van der Waals surface area contributed by atoms with E-state index in [-0.39, 0.29) is 5.91 Å². The third-order valence-electron chi connectivity index (χ3n) is 3.57. The van der Waals surface area contributed by atoms with E-state index in [2.05, 4.69) is 11.1 Å². The summed E-state index contributed by atoms with van der Waals surface area (Å²) in [7, 11) is 0. The fourth-order valence-electron chi connectivity index (χ4n) is 2.39. The van der Waals surface area contributed by atoms with Gasteiger partial charge in [-0.05, 0) is 11.5 Å². The SMILES string of the molecule is [NH3+]C(C(=O)Nc1cccc2ccccc12)c1ccccc1. The second-order valence-corrected chi connectivity index (χ2v) is 4.98.